The summed E-state index contributed by atoms with van der Waals surface area (Å²) in [4.78, 5) is 42.0. The molecule has 40 heavy (non-hydrogen) atoms. The second kappa shape index (κ2) is 11.9. The Hall–Kier alpha value is -2.22. The van der Waals surface area contributed by atoms with Crippen molar-refractivity contribution >= 4 is 63.9 Å². The first-order valence-electron chi connectivity index (χ1n) is 12.1. The number of hydrogen-bond acceptors (Lipinski definition) is 5. The largest absolute Gasteiger partial charge is 0.593 e. The van der Waals surface area contributed by atoms with E-state index >= 15 is 0 Å². The third-order valence-corrected chi connectivity index (χ3v) is 9.12. The molecule has 216 valence electrons. The van der Waals surface area contributed by atoms with Gasteiger partial charge in [-0.1, -0.05) is 51.2 Å². The van der Waals surface area contributed by atoms with Crippen molar-refractivity contribution in [1.82, 2.24) is 19.4 Å². The van der Waals surface area contributed by atoms with Crippen molar-refractivity contribution in [3.8, 4) is 0 Å². The molecule has 0 radical (unpaired) electrons. The van der Waals surface area contributed by atoms with Crippen molar-refractivity contribution in [2.24, 2.45) is 0 Å². The average Bonchev–Trinajstić information content (AvgIpc) is 2.87. The lowest BCUT2D eigenvalue weighted by Crippen LogP contribution is -2.76. The SMILES string of the molecule is CC(C)N1CC2N(C(=O)C(NC(=O)C(F)(F)F)CN2[S+]([O-])c2ccc(Cl)cc2Cl)C(Cc2ccc(Cl)cc2)C1=O. The fourth-order valence-electron chi connectivity index (χ4n) is 4.73. The fraction of sp³-hybridized carbons (Fsp3) is 0.400. The van der Waals surface area contributed by atoms with Gasteiger partial charge in [0.05, 0.1) is 29.5 Å². The lowest BCUT2D eigenvalue weighted by molar-refractivity contribution is -0.179. The number of amides is 3. The standard InChI is InChI=1S/C25H24Cl3F3N4O4S/c1-13(2)33-12-21-34(40(39)20-8-7-16(27)10-17(20)28)11-18(32-24(38)25(29,30)31)22(36)35(21)19(23(33)37)9-14-3-5-15(26)6-4-14/h3-8,10,13,18-19,21H,9,11-12H2,1-2H3,(H,32,38). The number of carbonyl (C=O) groups is 3. The van der Waals surface area contributed by atoms with Crippen LogP contribution in [0.5, 0.6) is 0 Å². The molecule has 1 N–H and O–H groups in total. The van der Waals surface area contributed by atoms with Crippen LogP contribution < -0.4 is 5.32 Å². The molecule has 8 nitrogen and oxygen atoms in total. The van der Waals surface area contributed by atoms with Gasteiger partial charge in [-0.05, 0) is 49.7 Å². The molecule has 4 unspecified atom stereocenters. The van der Waals surface area contributed by atoms with Gasteiger partial charge in [-0.15, -0.1) is 0 Å². The molecule has 3 amide bonds. The number of hydrogen-bond donors (Lipinski definition) is 1. The summed E-state index contributed by atoms with van der Waals surface area (Å²) in [5.74, 6) is -3.66. The average molecular weight is 640 g/mol. The van der Waals surface area contributed by atoms with E-state index in [9.17, 15) is 32.1 Å². The lowest BCUT2D eigenvalue weighted by atomic mass is 9.96. The zero-order valence-corrected chi connectivity index (χ0v) is 24.2. The Balaban J connectivity index is 1.80. The van der Waals surface area contributed by atoms with Crippen LogP contribution in [0.3, 0.4) is 0 Å². The number of nitrogens with one attached hydrogen (secondary N) is 1. The summed E-state index contributed by atoms with van der Waals surface area (Å²) in [6.45, 7) is 2.96. The minimum atomic E-state index is -5.27. The van der Waals surface area contributed by atoms with Crippen LogP contribution >= 0.6 is 34.8 Å². The summed E-state index contributed by atoms with van der Waals surface area (Å²) in [5.41, 5.74) is 0.634. The third-order valence-electron chi connectivity index (χ3n) is 6.66. The Morgan fingerprint density at radius 2 is 1.68 bits per heavy atom. The van der Waals surface area contributed by atoms with Gasteiger partial charge < -0.3 is 19.7 Å². The zero-order chi connectivity index (χ0) is 29.5. The molecule has 2 aliphatic heterocycles. The van der Waals surface area contributed by atoms with E-state index in [4.69, 9.17) is 34.8 Å². The normalized spacial score (nSPS) is 22.9. The summed E-state index contributed by atoms with van der Waals surface area (Å²) >= 11 is 16.1. The Kier molecular flexibility index (Phi) is 9.18. The van der Waals surface area contributed by atoms with E-state index in [0.717, 1.165) is 4.90 Å². The highest BCUT2D eigenvalue weighted by Gasteiger charge is 2.56. The van der Waals surface area contributed by atoms with E-state index in [-0.39, 0.29) is 33.9 Å². The summed E-state index contributed by atoms with van der Waals surface area (Å²) in [6, 6.07) is 7.54. The van der Waals surface area contributed by atoms with Gasteiger partial charge in [-0.2, -0.15) is 13.2 Å². The Morgan fingerprint density at radius 3 is 2.25 bits per heavy atom. The molecule has 0 bridgehead atoms. The molecule has 0 aliphatic carbocycles. The van der Waals surface area contributed by atoms with Crippen LogP contribution in [0.25, 0.3) is 0 Å². The van der Waals surface area contributed by atoms with E-state index in [1.807, 2.05) is 0 Å². The quantitative estimate of drug-likeness (QED) is 0.482. The lowest BCUT2D eigenvalue weighted by Gasteiger charge is -2.53. The van der Waals surface area contributed by atoms with Gasteiger partial charge in [0.25, 0.3) is 0 Å². The van der Waals surface area contributed by atoms with Crippen LogP contribution in [-0.2, 0) is 32.2 Å². The smallest absolute Gasteiger partial charge is 0.471 e. The van der Waals surface area contributed by atoms with E-state index < -0.39 is 60.1 Å². The van der Waals surface area contributed by atoms with E-state index in [0.29, 0.717) is 10.6 Å². The Morgan fingerprint density at radius 1 is 1.05 bits per heavy atom. The van der Waals surface area contributed by atoms with Crippen molar-refractivity contribution < 1.29 is 32.1 Å². The molecular weight excluding hydrogens is 616 g/mol. The van der Waals surface area contributed by atoms with Gasteiger partial charge >= 0.3 is 12.1 Å². The highest BCUT2D eigenvalue weighted by atomic mass is 35.5. The van der Waals surface area contributed by atoms with Crippen molar-refractivity contribution in [1.29, 1.82) is 0 Å². The predicted molar refractivity (Wildman–Crippen MR) is 144 cm³/mol. The fourth-order valence-corrected chi connectivity index (χ4v) is 6.79. The monoisotopic (exact) mass is 638 g/mol. The van der Waals surface area contributed by atoms with Gasteiger partial charge in [0.15, 0.2) is 4.90 Å². The van der Waals surface area contributed by atoms with Crippen LogP contribution in [0, 0.1) is 0 Å². The predicted octanol–water partition coefficient (Wildman–Crippen LogP) is 4.05. The molecule has 0 spiro atoms. The highest BCUT2D eigenvalue weighted by molar-refractivity contribution is 7.89. The summed E-state index contributed by atoms with van der Waals surface area (Å²) < 4.78 is 54.7. The van der Waals surface area contributed by atoms with Crippen LogP contribution in [0.15, 0.2) is 47.4 Å². The maximum Gasteiger partial charge on any atom is 0.471 e. The van der Waals surface area contributed by atoms with Gasteiger partial charge in [0.2, 0.25) is 11.8 Å². The molecule has 2 aromatic carbocycles. The molecule has 2 fully saturated rings. The maximum absolute atomic E-state index is 13.9. The molecule has 2 saturated heterocycles. The summed E-state index contributed by atoms with van der Waals surface area (Å²) in [6.07, 6.45) is -6.27. The molecule has 2 heterocycles. The number of alkyl halides is 3. The number of nitrogens with zero attached hydrogens (tertiary/aromatic N) is 3. The summed E-state index contributed by atoms with van der Waals surface area (Å²) in [7, 11) is 0. The van der Waals surface area contributed by atoms with Crippen LogP contribution in [0.4, 0.5) is 13.2 Å². The third kappa shape index (κ3) is 6.32. The van der Waals surface area contributed by atoms with Crippen LogP contribution in [0.1, 0.15) is 19.4 Å². The van der Waals surface area contributed by atoms with Crippen molar-refractivity contribution in [3.05, 3.63) is 63.1 Å². The minimum absolute atomic E-state index is 0.00355. The maximum atomic E-state index is 13.9. The molecule has 2 aliphatic rings. The summed E-state index contributed by atoms with van der Waals surface area (Å²) in [5, 5.41) is 2.47. The van der Waals surface area contributed by atoms with Crippen LogP contribution in [0.2, 0.25) is 15.1 Å². The van der Waals surface area contributed by atoms with Crippen molar-refractivity contribution in [2.75, 3.05) is 13.1 Å². The first-order chi connectivity index (χ1) is 18.7. The number of benzene rings is 2. The molecule has 0 saturated carbocycles. The second-order valence-corrected chi connectivity index (χ2v) is 12.3. The van der Waals surface area contributed by atoms with Crippen LogP contribution in [-0.4, -0.2) is 79.9 Å². The number of fused-ring (bicyclic) bond motifs is 1. The van der Waals surface area contributed by atoms with Gasteiger partial charge in [0, 0.05) is 22.5 Å². The van der Waals surface area contributed by atoms with Gasteiger partial charge in [-0.3, -0.25) is 14.4 Å². The van der Waals surface area contributed by atoms with Gasteiger partial charge in [0.1, 0.15) is 18.2 Å². The first-order valence-corrected chi connectivity index (χ1v) is 14.3. The van der Waals surface area contributed by atoms with E-state index in [1.54, 1.807) is 43.4 Å². The number of carbonyl (C=O) groups excluding carboxylic acids is 3. The zero-order valence-electron chi connectivity index (χ0n) is 21.1. The molecule has 2 aromatic rings. The Labute approximate surface area is 246 Å². The molecular formula is C25H24Cl3F3N4O4S. The van der Waals surface area contributed by atoms with Crippen molar-refractivity contribution in [2.45, 2.75) is 55.6 Å². The van der Waals surface area contributed by atoms with E-state index in [2.05, 4.69) is 0 Å². The molecule has 4 rings (SSSR count). The number of piperazine rings is 1. The molecule has 15 heteroatoms. The second-order valence-electron chi connectivity index (χ2n) is 9.60. The Bertz CT molecular complexity index is 1300. The topological polar surface area (TPSA) is 96.0 Å². The highest BCUT2D eigenvalue weighted by Crippen LogP contribution is 2.35. The van der Waals surface area contributed by atoms with Gasteiger partial charge in [-0.25, -0.2) is 0 Å². The number of halogens is 6. The van der Waals surface area contributed by atoms with Crippen molar-refractivity contribution in [3.63, 3.8) is 0 Å². The van der Waals surface area contributed by atoms with E-state index in [1.165, 1.54) is 27.4 Å². The first kappa shape index (κ1) is 30.7. The minimum Gasteiger partial charge on any atom is -0.593 e. The number of rotatable bonds is 6. The molecule has 4 atom stereocenters. The molecule has 0 aromatic heterocycles.